The van der Waals surface area contributed by atoms with Crippen molar-refractivity contribution in [1.82, 2.24) is 4.98 Å². The van der Waals surface area contributed by atoms with Crippen LogP contribution in [-0.2, 0) is 6.42 Å². The van der Waals surface area contributed by atoms with Gasteiger partial charge in [-0.2, -0.15) is 0 Å². The van der Waals surface area contributed by atoms with Crippen LogP contribution >= 0.6 is 15.9 Å². The highest BCUT2D eigenvalue weighted by Gasteiger charge is 2.22. The van der Waals surface area contributed by atoms with Crippen LogP contribution < -0.4 is 4.74 Å². The minimum atomic E-state index is 0.122. The molecule has 98 valence electrons. The number of rotatable bonds is 2. The standard InChI is InChI=1S/C16H16BrNO/c1-11-9-14(17)16(18-10-11)19-15-8-4-6-12-5-2-3-7-13(12)15/h2-3,5,7,9-10,15H,4,6,8H2,1H3. The molecule has 0 saturated heterocycles. The van der Waals surface area contributed by atoms with Gasteiger partial charge in [-0.15, -0.1) is 0 Å². The predicted molar refractivity (Wildman–Crippen MR) is 79.4 cm³/mol. The number of ether oxygens (including phenoxy) is 1. The van der Waals surface area contributed by atoms with Gasteiger partial charge in [0.1, 0.15) is 6.10 Å². The van der Waals surface area contributed by atoms with E-state index < -0.39 is 0 Å². The molecule has 0 bridgehead atoms. The fourth-order valence-corrected chi connectivity index (χ4v) is 3.13. The zero-order valence-electron chi connectivity index (χ0n) is 10.9. The fourth-order valence-electron chi connectivity index (χ4n) is 2.57. The first kappa shape index (κ1) is 12.7. The lowest BCUT2D eigenvalue weighted by atomic mass is 9.89. The van der Waals surface area contributed by atoms with Crippen LogP contribution in [-0.4, -0.2) is 4.98 Å². The van der Waals surface area contributed by atoms with E-state index in [2.05, 4.69) is 45.2 Å². The van der Waals surface area contributed by atoms with Crippen LogP contribution in [0.1, 0.15) is 35.6 Å². The van der Waals surface area contributed by atoms with Crippen molar-refractivity contribution in [3.05, 3.63) is 57.7 Å². The van der Waals surface area contributed by atoms with Crippen molar-refractivity contribution in [1.29, 1.82) is 0 Å². The number of halogens is 1. The van der Waals surface area contributed by atoms with Gasteiger partial charge in [-0.3, -0.25) is 0 Å². The molecule has 1 aliphatic carbocycles. The molecule has 1 heterocycles. The molecule has 19 heavy (non-hydrogen) atoms. The number of pyridine rings is 1. The van der Waals surface area contributed by atoms with Crippen molar-refractivity contribution in [2.45, 2.75) is 32.3 Å². The first-order chi connectivity index (χ1) is 9.24. The van der Waals surface area contributed by atoms with Crippen molar-refractivity contribution >= 4 is 15.9 Å². The average molecular weight is 318 g/mol. The lowest BCUT2D eigenvalue weighted by Crippen LogP contribution is -2.15. The normalized spacial score (nSPS) is 17.9. The molecule has 2 aromatic rings. The number of benzene rings is 1. The summed E-state index contributed by atoms with van der Waals surface area (Å²) in [6.45, 7) is 2.03. The first-order valence-corrected chi connectivity index (χ1v) is 7.40. The largest absolute Gasteiger partial charge is 0.469 e. The van der Waals surface area contributed by atoms with Crippen LogP contribution in [0.3, 0.4) is 0 Å². The second kappa shape index (κ2) is 5.33. The highest BCUT2D eigenvalue weighted by atomic mass is 79.9. The molecule has 0 amide bonds. The van der Waals surface area contributed by atoms with E-state index in [0.717, 1.165) is 22.9 Å². The van der Waals surface area contributed by atoms with Gasteiger partial charge in [0.05, 0.1) is 4.47 Å². The van der Waals surface area contributed by atoms with E-state index in [1.165, 1.54) is 17.5 Å². The van der Waals surface area contributed by atoms with E-state index >= 15 is 0 Å². The van der Waals surface area contributed by atoms with E-state index in [1.807, 2.05) is 19.2 Å². The van der Waals surface area contributed by atoms with Gasteiger partial charge >= 0.3 is 0 Å². The maximum Gasteiger partial charge on any atom is 0.228 e. The topological polar surface area (TPSA) is 22.1 Å². The summed E-state index contributed by atoms with van der Waals surface area (Å²) in [6, 6.07) is 10.6. The van der Waals surface area contributed by atoms with Gasteiger partial charge in [-0.1, -0.05) is 24.3 Å². The zero-order valence-corrected chi connectivity index (χ0v) is 12.5. The Kier molecular flexibility index (Phi) is 3.56. The van der Waals surface area contributed by atoms with Crippen molar-refractivity contribution in [3.63, 3.8) is 0 Å². The number of hydrogen-bond acceptors (Lipinski definition) is 2. The van der Waals surface area contributed by atoms with Gasteiger partial charge in [0, 0.05) is 6.20 Å². The minimum absolute atomic E-state index is 0.122. The van der Waals surface area contributed by atoms with E-state index in [9.17, 15) is 0 Å². The molecule has 1 aliphatic rings. The third-order valence-corrected chi connectivity index (χ3v) is 4.08. The van der Waals surface area contributed by atoms with Crippen LogP contribution in [0.25, 0.3) is 0 Å². The molecule has 1 aromatic heterocycles. The Labute approximate surface area is 122 Å². The minimum Gasteiger partial charge on any atom is -0.469 e. The smallest absolute Gasteiger partial charge is 0.228 e. The fraction of sp³-hybridized carbons (Fsp3) is 0.312. The molecule has 1 atom stereocenters. The zero-order chi connectivity index (χ0) is 13.2. The van der Waals surface area contributed by atoms with Crippen LogP contribution in [0, 0.1) is 6.92 Å². The summed E-state index contributed by atoms with van der Waals surface area (Å²) in [5.41, 5.74) is 3.84. The molecular formula is C16H16BrNO. The summed E-state index contributed by atoms with van der Waals surface area (Å²) in [5, 5.41) is 0. The molecule has 1 aromatic carbocycles. The van der Waals surface area contributed by atoms with Crippen LogP contribution in [0.2, 0.25) is 0 Å². The summed E-state index contributed by atoms with van der Waals surface area (Å²) >= 11 is 3.53. The second-order valence-corrected chi connectivity index (χ2v) is 5.85. The Morgan fingerprint density at radius 1 is 1.32 bits per heavy atom. The van der Waals surface area contributed by atoms with Crippen LogP contribution in [0.5, 0.6) is 5.88 Å². The van der Waals surface area contributed by atoms with Crippen molar-refractivity contribution < 1.29 is 4.74 Å². The summed E-state index contributed by atoms with van der Waals surface area (Å²) in [6.07, 6.45) is 5.34. The highest BCUT2D eigenvalue weighted by molar-refractivity contribution is 9.10. The Balaban J connectivity index is 1.88. The average Bonchev–Trinajstić information content (AvgIpc) is 2.42. The van der Waals surface area contributed by atoms with E-state index in [-0.39, 0.29) is 6.10 Å². The van der Waals surface area contributed by atoms with E-state index in [4.69, 9.17) is 4.74 Å². The maximum atomic E-state index is 6.11. The third kappa shape index (κ3) is 2.66. The van der Waals surface area contributed by atoms with Crippen LogP contribution in [0.4, 0.5) is 0 Å². The number of aryl methyl sites for hydroxylation is 2. The number of aromatic nitrogens is 1. The summed E-state index contributed by atoms with van der Waals surface area (Å²) in [7, 11) is 0. The molecule has 0 radical (unpaired) electrons. The monoisotopic (exact) mass is 317 g/mol. The molecule has 0 fully saturated rings. The molecular weight excluding hydrogens is 302 g/mol. The Bertz CT molecular complexity index is 597. The van der Waals surface area contributed by atoms with Crippen molar-refractivity contribution in [3.8, 4) is 5.88 Å². The number of fused-ring (bicyclic) bond motifs is 1. The summed E-state index contributed by atoms with van der Waals surface area (Å²) in [4.78, 5) is 4.38. The van der Waals surface area contributed by atoms with Gasteiger partial charge in [0.2, 0.25) is 5.88 Å². The third-order valence-electron chi connectivity index (χ3n) is 3.51. The van der Waals surface area contributed by atoms with Gasteiger partial charge in [0.15, 0.2) is 0 Å². The Morgan fingerprint density at radius 2 is 2.16 bits per heavy atom. The van der Waals surface area contributed by atoms with Crippen LogP contribution in [0.15, 0.2) is 41.0 Å². The highest BCUT2D eigenvalue weighted by Crippen LogP contribution is 2.35. The van der Waals surface area contributed by atoms with Crippen molar-refractivity contribution in [2.24, 2.45) is 0 Å². The molecule has 1 unspecified atom stereocenters. The number of nitrogens with zero attached hydrogens (tertiary/aromatic N) is 1. The SMILES string of the molecule is Cc1cnc(OC2CCCc3ccccc32)c(Br)c1. The van der Waals surface area contributed by atoms with Crippen molar-refractivity contribution in [2.75, 3.05) is 0 Å². The quantitative estimate of drug-likeness (QED) is 0.807. The predicted octanol–water partition coefficient (Wildman–Crippen LogP) is 4.61. The van der Waals surface area contributed by atoms with Gasteiger partial charge < -0.3 is 4.74 Å². The Hall–Kier alpha value is -1.35. The second-order valence-electron chi connectivity index (χ2n) is 5.00. The molecule has 3 heteroatoms. The van der Waals surface area contributed by atoms with Gasteiger partial charge in [-0.05, 0) is 64.9 Å². The molecule has 3 rings (SSSR count). The van der Waals surface area contributed by atoms with E-state index in [0.29, 0.717) is 5.88 Å². The lowest BCUT2D eigenvalue weighted by molar-refractivity contribution is 0.174. The summed E-state index contributed by atoms with van der Waals surface area (Å²) < 4.78 is 7.04. The molecule has 2 nitrogen and oxygen atoms in total. The van der Waals surface area contributed by atoms with Gasteiger partial charge in [0.25, 0.3) is 0 Å². The first-order valence-electron chi connectivity index (χ1n) is 6.60. The molecule has 0 N–H and O–H groups in total. The molecule has 0 spiro atoms. The van der Waals surface area contributed by atoms with Gasteiger partial charge in [-0.25, -0.2) is 4.98 Å². The van der Waals surface area contributed by atoms with E-state index in [1.54, 1.807) is 0 Å². The Morgan fingerprint density at radius 3 is 3.00 bits per heavy atom. The lowest BCUT2D eigenvalue weighted by Gasteiger charge is -2.26. The maximum absolute atomic E-state index is 6.11. The summed E-state index contributed by atoms with van der Waals surface area (Å²) in [5.74, 6) is 0.687. The molecule has 0 aliphatic heterocycles. The number of hydrogen-bond donors (Lipinski definition) is 0. The molecule has 0 saturated carbocycles.